The molecule has 0 fully saturated rings. The smallest absolute Gasteiger partial charge is 0.278 e. The summed E-state index contributed by atoms with van der Waals surface area (Å²) < 4.78 is 8.89. The molecule has 0 aliphatic carbocycles. The average Bonchev–Trinajstić information content (AvgIpc) is 3.29. The third-order valence-electron chi connectivity index (χ3n) is 5.02. The molecule has 33 heavy (non-hydrogen) atoms. The van der Waals surface area contributed by atoms with Gasteiger partial charge in [-0.05, 0) is 43.3 Å². The highest BCUT2D eigenvalue weighted by atomic mass is 32.2. The molecule has 0 unspecified atom stereocenters. The van der Waals surface area contributed by atoms with Crippen LogP contribution in [0.4, 0.5) is 0 Å². The number of ether oxygens (including phenoxy) is 1. The molecule has 3 aromatic carbocycles. The molecular formula is C24H20N6O2S. The van der Waals surface area contributed by atoms with Crippen molar-refractivity contribution in [1.82, 2.24) is 29.8 Å². The summed E-state index contributed by atoms with van der Waals surface area (Å²) in [5.74, 6) is 1.75. The average molecular weight is 457 g/mol. The first-order valence-electron chi connectivity index (χ1n) is 10.4. The molecular weight excluding hydrogens is 436 g/mol. The minimum Gasteiger partial charge on any atom is -0.494 e. The zero-order chi connectivity index (χ0) is 22.6. The Balaban J connectivity index is 1.52. The number of aromatic nitrogens is 6. The largest absolute Gasteiger partial charge is 0.494 e. The standard InChI is InChI=1S/C24H20N6O2S/c1-2-32-19-14-12-18(13-15-19)30-22(17-8-4-3-5-9-17)26-27-24(30)33-16-29-23(31)20-10-6-7-11-21(20)25-28-29/h3-15H,2,16H2,1H3. The summed E-state index contributed by atoms with van der Waals surface area (Å²) in [6, 6.07) is 24.8. The Morgan fingerprint density at radius 3 is 2.42 bits per heavy atom. The van der Waals surface area contributed by atoms with Crippen molar-refractivity contribution >= 4 is 22.7 Å². The van der Waals surface area contributed by atoms with Crippen LogP contribution in [0.3, 0.4) is 0 Å². The number of rotatable bonds is 7. The van der Waals surface area contributed by atoms with Crippen molar-refractivity contribution in [3.05, 3.63) is 89.2 Å². The van der Waals surface area contributed by atoms with E-state index in [4.69, 9.17) is 4.74 Å². The molecule has 2 heterocycles. The third-order valence-corrected chi connectivity index (χ3v) is 5.91. The highest BCUT2D eigenvalue weighted by Crippen LogP contribution is 2.29. The van der Waals surface area contributed by atoms with Gasteiger partial charge in [0.1, 0.15) is 11.3 Å². The van der Waals surface area contributed by atoms with Gasteiger partial charge in [-0.1, -0.05) is 59.4 Å². The van der Waals surface area contributed by atoms with E-state index in [0.717, 1.165) is 17.0 Å². The van der Waals surface area contributed by atoms with Crippen LogP contribution < -0.4 is 10.3 Å². The molecule has 0 atom stereocenters. The number of nitrogens with zero attached hydrogens (tertiary/aromatic N) is 6. The van der Waals surface area contributed by atoms with Gasteiger partial charge in [0.25, 0.3) is 5.56 Å². The second-order valence-electron chi connectivity index (χ2n) is 7.12. The maximum absolute atomic E-state index is 12.8. The van der Waals surface area contributed by atoms with Crippen molar-refractivity contribution in [3.63, 3.8) is 0 Å². The molecule has 9 heteroatoms. The van der Waals surface area contributed by atoms with Gasteiger partial charge in [-0.3, -0.25) is 9.36 Å². The lowest BCUT2D eigenvalue weighted by molar-refractivity contribution is 0.340. The molecule has 0 aliphatic rings. The van der Waals surface area contributed by atoms with Crippen LogP contribution >= 0.6 is 11.8 Å². The summed E-state index contributed by atoms with van der Waals surface area (Å²) >= 11 is 1.37. The van der Waals surface area contributed by atoms with Gasteiger partial charge < -0.3 is 4.74 Å². The molecule has 0 aliphatic heterocycles. The molecule has 0 saturated heterocycles. The summed E-state index contributed by atoms with van der Waals surface area (Å²) in [5, 5.41) is 18.3. The third kappa shape index (κ3) is 4.22. The number of fused-ring (bicyclic) bond motifs is 1. The van der Waals surface area contributed by atoms with E-state index in [1.807, 2.05) is 78.2 Å². The van der Waals surface area contributed by atoms with Crippen molar-refractivity contribution in [2.45, 2.75) is 18.0 Å². The van der Waals surface area contributed by atoms with E-state index in [0.29, 0.717) is 28.5 Å². The predicted octanol–water partition coefficient (Wildman–Crippen LogP) is 4.19. The topological polar surface area (TPSA) is 87.7 Å². The lowest BCUT2D eigenvalue weighted by atomic mass is 10.2. The Morgan fingerprint density at radius 1 is 0.879 bits per heavy atom. The van der Waals surface area contributed by atoms with Crippen LogP contribution in [0, 0.1) is 0 Å². The lowest BCUT2D eigenvalue weighted by Gasteiger charge is -2.12. The lowest BCUT2D eigenvalue weighted by Crippen LogP contribution is -2.23. The van der Waals surface area contributed by atoms with Crippen LogP contribution in [0.1, 0.15) is 6.92 Å². The van der Waals surface area contributed by atoms with Crippen molar-refractivity contribution < 1.29 is 4.74 Å². The van der Waals surface area contributed by atoms with Gasteiger partial charge in [-0.2, -0.15) is 4.68 Å². The zero-order valence-electron chi connectivity index (χ0n) is 17.8. The molecule has 8 nitrogen and oxygen atoms in total. The van der Waals surface area contributed by atoms with E-state index in [-0.39, 0.29) is 11.4 Å². The van der Waals surface area contributed by atoms with Crippen molar-refractivity contribution in [1.29, 1.82) is 0 Å². The van der Waals surface area contributed by atoms with Crippen molar-refractivity contribution in [2.24, 2.45) is 0 Å². The van der Waals surface area contributed by atoms with Crippen LogP contribution in [0.15, 0.2) is 88.8 Å². The van der Waals surface area contributed by atoms with Gasteiger partial charge in [0, 0.05) is 11.3 Å². The summed E-state index contributed by atoms with van der Waals surface area (Å²) in [6.45, 7) is 2.55. The quantitative estimate of drug-likeness (QED) is 0.339. The van der Waals surface area contributed by atoms with E-state index >= 15 is 0 Å². The minimum atomic E-state index is -0.191. The van der Waals surface area contributed by atoms with Crippen molar-refractivity contribution in [3.8, 4) is 22.8 Å². The fraction of sp³-hybridized carbons (Fsp3) is 0.125. The van der Waals surface area contributed by atoms with Crippen LogP contribution in [-0.2, 0) is 5.88 Å². The fourth-order valence-electron chi connectivity index (χ4n) is 3.46. The van der Waals surface area contributed by atoms with E-state index < -0.39 is 0 Å². The van der Waals surface area contributed by atoms with Gasteiger partial charge >= 0.3 is 0 Å². The summed E-state index contributed by atoms with van der Waals surface area (Å²) in [5.41, 5.74) is 2.21. The Labute approximate surface area is 193 Å². The van der Waals surface area contributed by atoms with Crippen LogP contribution in [0.25, 0.3) is 28.0 Å². The second-order valence-corrected chi connectivity index (χ2v) is 8.03. The maximum Gasteiger partial charge on any atom is 0.278 e. The Bertz CT molecular complexity index is 1450. The molecule has 164 valence electrons. The minimum absolute atomic E-state index is 0.191. The van der Waals surface area contributed by atoms with Gasteiger partial charge in [0.2, 0.25) is 0 Å². The maximum atomic E-state index is 12.8. The summed E-state index contributed by atoms with van der Waals surface area (Å²) in [7, 11) is 0. The molecule has 0 amide bonds. The number of hydrogen-bond donors (Lipinski definition) is 0. The first kappa shape index (κ1) is 20.9. The normalized spacial score (nSPS) is 11.1. The molecule has 0 spiro atoms. The monoisotopic (exact) mass is 456 g/mol. The Kier molecular flexibility index (Phi) is 5.86. The van der Waals surface area contributed by atoms with E-state index in [1.54, 1.807) is 12.1 Å². The highest BCUT2D eigenvalue weighted by Gasteiger charge is 2.17. The Hall–Kier alpha value is -3.98. The molecule has 5 rings (SSSR count). The highest BCUT2D eigenvalue weighted by molar-refractivity contribution is 7.98. The molecule has 0 radical (unpaired) electrons. The van der Waals surface area contributed by atoms with E-state index in [2.05, 4.69) is 20.5 Å². The van der Waals surface area contributed by atoms with Gasteiger partial charge in [0.15, 0.2) is 11.0 Å². The van der Waals surface area contributed by atoms with Gasteiger partial charge in [-0.15, -0.1) is 15.3 Å². The number of thioether (sulfide) groups is 1. The Morgan fingerprint density at radius 2 is 1.64 bits per heavy atom. The fourth-order valence-corrected chi connectivity index (χ4v) is 4.28. The van der Waals surface area contributed by atoms with E-state index in [1.165, 1.54) is 16.4 Å². The second kappa shape index (κ2) is 9.25. The van der Waals surface area contributed by atoms with Crippen LogP contribution in [0.5, 0.6) is 5.75 Å². The van der Waals surface area contributed by atoms with Crippen LogP contribution in [-0.4, -0.2) is 36.4 Å². The number of hydrogen-bond acceptors (Lipinski definition) is 7. The SMILES string of the molecule is CCOc1ccc(-n2c(SCn3nnc4ccccc4c3=O)nnc2-c2ccccc2)cc1. The first-order valence-corrected chi connectivity index (χ1v) is 11.4. The van der Waals surface area contributed by atoms with Gasteiger partial charge in [-0.25, -0.2) is 0 Å². The van der Waals surface area contributed by atoms with E-state index in [9.17, 15) is 4.79 Å². The molecule has 0 saturated carbocycles. The number of benzene rings is 3. The van der Waals surface area contributed by atoms with Gasteiger partial charge in [0.05, 0.1) is 17.9 Å². The van der Waals surface area contributed by atoms with Crippen LogP contribution in [0.2, 0.25) is 0 Å². The summed E-state index contributed by atoms with van der Waals surface area (Å²) in [6.07, 6.45) is 0. The zero-order valence-corrected chi connectivity index (χ0v) is 18.6. The first-order chi connectivity index (χ1) is 16.2. The molecule has 0 bridgehead atoms. The predicted molar refractivity (Wildman–Crippen MR) is 128 cm³/mol. The van der Waals surface area contributed by atoms with Crippen molar-refractivity contribution in [2.75, 3.05) is 6.61 Å². The summed E-state index contributed by atoms with van der Waals surface area (Å²) in [4.78, 5) is 12.8. The molecule has 2 aromatic heterocycles. The molecule has 0 N–H and O–H groups in total. The molecule has 5 aromatic rings.